The molecule has 4 nitrogen and oxygen atoms in total. The van der Waals surface area contributed by atoms with E-state index in [9.17, 15) is 4.79 Å². The van der Waals surface area contributed by atoms with Crippen LogP contribution in [0.1, 0.15) is 37.7 Å². The van der Waals surface area contributed by atoms with E-state index in [1.807, 2.05) is 30.0 Å². The number of carbonyl (C=O) groups excluding carboxylic acids is 1. The van der Waals surface area contributed by atoms with Crippen LogP contribution in [-0.2, 0) is 10.3 Å². The van der Waals surface area contributed by atoms with Gasteiger partial charge in [0.2, 0.25) is 0 Å². The van der Waals surface area contributed by atoms with Crippen molar-refractivity contribution in [2.75, 3.05) is 18.1 Å². The number of nitrogens with one attached hydrogen (secondary N) is 2. The fourth-order valence-corrected chi connectivity index (χ4v) is 5.20. The zero-order chi connectivity index (χ0) is 15.8. The highest BCUT2D eigenvalue weighted by atomic mass is 32.2. The Bertz CT molecular complexity index is 568. The minimum absolute atomic E-state index is 0.0115. The molecule has 23 heavy (non-hydrogen) atoms. The molecule has 1 saturated carbocycles. The zero-order valence-electron chi connectivity index (χ0n) is 13.3. The fourth-order valence-electron chi connectivity index (χ4n) is 3.82. The minimum atomic E-state index is -0.141. The molecule has 1 aliphatic carbocycles. The summed E-state index contributed by atoms with van der Waals surface area (Å²) in [5.74, 6) is 2.25. The number of hydrogen-bond acceptors (Lipinski definition) is 3. The molecular formula is C18H24N2O2S. The Morgan fingerprint density at radius 3 is 2.74 bits per heavy atom. The van der Waals surface area contributed by atoms with Crippen molar-refractivity contribution in [2.24, 2.45) is 0 Å². The molecule has 0 radical (unpaired) electrons. The van der Waals surface area contributed by atoms with Gasteiger partial charge in [-0.15, -0.1) is 0 Å². The second-order valence-electron chi connectivity index (χ2n) is 7.07. The second-order valence-corrected chi connectivity index (χ2v) is 8.18. The summed E-state index contributed by atoms with van der Waals surface area (Å²) in [6.07, 6.45) is 5.03. The maximum atomic E-state index is 12.5. The number of hydrogen-bond donors (Lipinski definition) is 2. The van der Waals surface area contributed by atoms with Gasteiger partial charge in [0.25, 0.3) is 0 Å². The molecule has 2 N–H and O–H groups in total. The highest BCUT2D eigenvalue weighted by Gasteiger charge is 2.46. The Kier molecular flexibility index (Phi) is 4.01. The highest BCUT2D eigenvalue weighted by Crippen LogP contribution is 2.45. The van der Waals surface area contributed by atoms with Crippen molar-refractivity contribution >= 4 is 17.8 Å². The van der Waals surface area contributed by atoms with Crippen molar-refractivity contribution in [3.8, 4) is 0 Å². The zero-order valence-corrected chi connectivity index (χ0v) is 14.2. The third-order valence-electron chi connectivity index (χ3n) is 5.32. The average Bonchev–Trinajstić information content (AvgIpc) is 3.21. The van der Waals surface area contributed by atoms with E-state index in [1.54, 1.807) is 0 Å². The number of urea groups is 1. The lowest BCUT2D eigenvalue weighted by molar-refractivity contribution is -0.0684. The van der Waals surface area contributed by atoms with Gasteiger partial charge in [0, 0.05) is 18.4 Å². The average molecular weight is 332 g/mol. The topological polar surface area (TPSA) is 50.4 Å². The fraction of sp³-hybridized carbons (Fsp3) is 0.611. The molecule has 3 fully saturated rings. The highest BCUT2D eigenvalue weighted by molar-refractivity contribution is 7.99. The SMILES string of the molecule is O=C(N[C@@H]1CCO[C@@]2(CCSC2)C1)NC1(c2ccccc2)CC1. The first-order chi connectivity index (χ1) is 11.2. The Morgan fingerprint density at radius 2 is 2.04 bits per heavy atom. The molecule has 2 atom stereocenters. The van der Waals surface area contributed by atoms with Crippen LogP contribution in [0.2, 0.25) is 0 Å². The van der Waals surface area contributed by atoms with E-state index in [-0.39, 0.29) is 23.2 Å². The summed E-state index contributed by atoms with van der Waals surface area (Å²) < 4.78 is 6.03. The summed E-state index contributed by atoms with van der Waals surface area (Å²) in [5, 5.41) is 6.41. The van der Waals surface area contributed by atoms with Gasteiger partial charge < -0.3 is 15.4 Å². The summed E-state index contributed by atoms with van der Waals surface area (Å²) in [5.41, 5.74) is 1.08. The molecule has 1 aromatic carbocycles. The largest absolute Gasteiger partial charge is 0.374 e. The van der Waals surface area contributed by atoms with E-state index in [0.717, 1.165) is 44.5 Å². The monoisotopic (exact) mass is 332 g/mol. The summed E-state index contributed by atoms with van der Waals surface area (Å²) in [6, 6.07) is 10.5. The molecule has 2 amide bonds. The van der Waals surface area contributed by atoms with Crippen molar-refractivity contribution < 1.29 is 9.53 Å². The lowest BCUT2D eigenvalue weighted by atomic mass is 9.90. The molecule has 0 aromatic heterocycles. The van der Waals surface area contributed by atoms with E-state index in [0.29, 0.717) is 0 Å². The van der Waals surface area contributed by atoms with Crippen molar-refractivity contribution in [1.82, 2.24) is 10.6 Å². The van der Waals surface area contributed by atoms with Crippen LogP contribution in [0.25, 0.3) is 0 Å². The first-order valence-corrected chi connectivity index (χ1v) is 9.71. The van der Waals surface area contributed by atoms with Crippen LogP contribution in [0.4, 0.5) is 4.79 Å². The molecule has 5 heteroatoms. The quantitative estimate of drug-likeness (QED) is 0.894. The maximum absolute atomic E-state index is 12.5. The number of rotatable bonds is 3. The van der Waals surface area contributed by atoms with Crippen LogP contribution in [-0.4, -0.2) is 35.8 Å². The molecular weight excluding hydrogens is 308 g/mol. The molecule has 124 valence electrons. The van der Waals surface area contributed by atoms with Gasteiger partial charge in [-0.1, -0.05) is 30.3 Å². The number of ether oxygens (including phenoxy) is 1. The van der Waals surface area contributed by atoms with Gasteiger partial charge in [-0.05, 0) is 43.4 Å². The first-order valence-electron chi connectivity index (χ1n) is 8.56. The van der Waals surface area contributed by atoms with Gasteiger partial charge in [0.15, 0.2) is 0 Å². The normalized spacial score (nSPS) is 31.7. The first kappa shape index (κ1) is 15.3. The Hall–Kier alpha value is -1.20. The van der Waals surface area contributed by atoms with Crippen molar-refractivity contribution in [2.45, 2.75) is 49.3 Å². The summed E-state index contributed by atoms with van der Waals surface area (Å²) in [7, 11) is 0. The Labute approximate surface area is 141 Å². The lowest BCUT2D eigenvalue weighted by Crippen LogP contribution is -2.52. The molecule has 0 bridgehead atoms. The molecule has 1 aromatic rings. The molecule has 1 spiro atoms. The van der Waals surface area contributed by atoms with E-state index >= 15 is 0 Å². The number of carbonyl (C=O) groups is 1. The van der Waals surface area contributed by atoms with Gasteiger partial charge >= 0.3 is 6.03 Å². The molecule has 2 aliphatic heterocycles. The van der Waals surface area contributed by atoms with Gasteiger partial charge in [0.1, 0.15) is 0 Å². The van der Waals surface area contributed by atoms with Crippen LogP contribution in [0.5, 0.6) is 0 Å². The van der Waals surface area contributed by atoms with Crippen molar-refractivity contribution in [1.29, 1.82) is 0 Å². The standard InChI is InChI=1S/C18H24N2O2S/c21-16(20-18(7-8-18)14-4-2-1-3-5-14)19-15-6-10-22-17(12-15)9-11-23-13-17/h1-5,15H,6-13H2,(H2,19,20,21)/t15-,17+/m1/s1. The predicted octanol–water partition coefficient (Wildman–Crippen LogP) is 3.03. The van der Waals surface area contributed by atoms with Crippen molar-refractivity contribution in [3.63, 3.8) is 0 Å². The van der Waals surface area contributed by atoms with Crippen LogP contribution in [0.3, 0.4) is 0 Å². The third kappa shape index (κ3) is 3.22. The molecule has 3 aliphatic rings. The van der Waals surface area contributed by atoms with E-state index in [4.69, 9.17) is 4.74 Å². The van der Waals surface area contributed by atoms with Gasteiger partial charge in [-0.25, -0.2) is 4.79 Å². The summed E-state index contributed by atoms with van der Waals surface area (Å²) >= 11 is 1.96. The number of amides is 2. The van der Waals surface area contributed by atoms with E-state index in [2.05, 4.69) is 22.8 Å². The van der Waals surface area contributed by atoms with E-state index < -0.39 is 0 Å². The van der Waals surface area contributed by atoms with Crippen LogP contribution in [0, 0.1) is 0 Å². The Balaban J connectivity index is 1.35. The van der Waals surface area contributed by atoms with Crippen LogP contribution < -0.4 is 10.6 Å². The van der Waals surface area contributed by atoms with Gasteiger partial charge in [0.05, 0.1) is 11.1 Å². The Morgan fingerprint density at radius 1 is 1.22 bits per heavy atom. The number of benzene rings is 1. The van der Waals surface area contributed by atoms with Gasteiger partial charge in [-0.2, -0.15) is 11.8 Å². The van der Waals surface area contributed by atoms with Crippen molar-refractivity contribution in [3.05, 3.63) is 35.9 Å². The molecule has 4 rings (SSSR count). The predicted molar refractivity (Wildman–Crippen MR) is 92.7 cm³/mol. The molecule has 2 heterocycles. The minimum Gasteiger partial charge on any atom is -0.374 e. The summed E-state index contributed by atoms with van der Waals surface area (Å²) in [6.45, 7) is 0.759. The molecule has 0 unspecified atom stereocenters. The number of thioether (sulfide) groups is 1. The van der Waals surface area contributed by atoms with Crippen LogP contribution >= 0.6 is 11.8 Å². The summed E-state index contributed by atoms with van der Waals surface area (Å²) in [4.78, 5) is 12.5. The van der Waals surface area contributed by atoms with Crippen LogP contribution in [0.15, 0.2) is 30.3 Å². The smallest absolute Gasteiger partial charge is 0.315 e. The lowest BCUT2D eigenvalue weighted by Gasteiger charge is -2.38. The third-order valence-corrected chi connectivity index (χ3v) is 6.55. The van der Waals surface area contributed by atoms with Gasteiger partial charge in [-0.3, -0.25) is 0 Å². The second kappa shape index (κ2) is 6.02. The van der Waals surface area contributed by atoms with E-state index in [1.165, 1.54) is 11.3 Å². The molecule has 2 saturated heterocycles. The maximum Gasteiger partial charge on any atom is 0.315 e.